The quantitative estimate of drug-likeness (QED) is 0.254. The molecule has 6 rings (SSSR count). The van der Waals surface area contributed by atoms with Crippen molar-refractivity contribution < 1.29 is 48.1 Å². The number of hydrogen-bond acceptors (Lipinski definition) is 10. The fourth-order valence-electron chi connectivity index (χ4n) is 7.26. The Labute approximate surface area is 313 Å². The predicted octanol–water partition coefficient (Wildman–Crippen LogP) is 2.25. The lowest BCUT2D eigenvalue weighted by atomic mass is 9.93. The van der Waals surface area contributed by atoms with Gasteiger partial charge in [0.1, 0.15) is 23.5 Å². The van der Waals surface area contributed by atoms with Crippen molar-refractivity contribution in [2.45, 2.75) is 82.8 Å². The third-order valence-corrected chi connectivity index (χ3v) is 10.7. The average molecular weight is 751 g/mol. The molecule has 1 aliphatic carbocycles. The second-order valence-corrected chi connectivity index (χ2v) is 14.6. The first kappa shape index (κ1) is 38.7. The van der Waals surface area contributed by atoms with Crippen LogP contribution in [0.2, 0.25) is 0 Å². The number of piperazine rings is 1. The molecule has 1 aromatic carbocycles. The van der Waals surface area contributed by atoms with Crippen LogP contribution in [0, 0.1) is 12.8 Å². The Hall–Kier alpha value is -4.99. The number of aromatic nitrogens is 1. The van der Waals surface area contributed by atoms with E-state index in [1.54, 1.807) is 17.0 Å². The second-order valence-electron chi connectivity index (χ2n) is 14.6. The van der Waals surface area contributed by atoms with Gasteiger partial charge in [-0.05, 0) is 76.0 Å². The lowest BCUT2D eigenvalue weighted by Gasteiger charge is -2.35. The summed E-state index contributed by atoms with van der Waals surface area (Å²) in [5, 5.41) is 15.7. The zero-order chi connectivity index (χ0) is 38.2. The highest BCUT2D eigenvalue weighted by molar-refractivity contribution is 5.99. The molecule has 4 heterocycles. The molecule has 3 aliphatic heterocycles. The molecule has 5 amide bonds. The Kier molecular flexibility index (Phi) is 12.8. The van der Waals surface area contributed by atoms with Gasteiger partial charge in [-0.15, -0.1) is 0 Å². The van der Waals surface area contributed by atoms with E-state index in [4.69, 9.17) is 14.2 Å². The summed E-state index contributed by atoms with van der Waals surface area (Å²) < 4.78 is 17.0. The van der Waals surface area contributed by atoms with Crippen molar-refractivity contribution in [2.24, 2.45) is 5.92 Å². The molecule has 16 nitrogen and oxygen atoms in total. The molecule has 0 bridgehead atoms. The summed E-state index contributed by atoms with van der Waals surface area (Å²) in [7, 11) is 0. The van der Waals surface area contributed by atoms with Crippen LogP contribution in [-0.2, 0) is 28.7 Å². The standard InChI is InChI=1S/C38H50N6O10/c1-24-9-10-27-29(19-24)40-30(20-32(27)53-23-33(45)44-13-3-8-31(44)36(48)39-26-6-2-7-26)35(47)41-28(37(49)42-14-16-43(17-15-42)38(50)51)11-12-34(46)54-22-25-5-4-18-52-21-25/h9-10,19-20,25-26,28,31H,2-8,11-18,21-23H2,1H3,(H,39,48)(H,41,47)(H,50,51)/t25?,28-,31-/m0/s1. The summed E-state index contributed by atoms with van der Waals surface area (Å²) in [6.45, 7) is 3.85. The van der Waals surface area contributed by atoms with Crippen molar-refractivity contribution in [3.05, 3.63) is 35.5 Å². The monoisotopic (exact) mass is 750 g/mol. The molecule has 1 unspecified atom stereocenters. The molecular formula is C38H50N6O10. The van der Waals surface area contributed by atoms with E-state index in [0.29, 0.717) is 43.5 Å². The largest absolute Gasteiger partial charge is 0.483 e. The number of rotatable bonds is 13. The Bertz CT molecular complexity index is 1720. The summed E-state index contributed by atoms with van der Waals surface area (Å²) in [6, 6.07) is 5.31. The molecule has 54 heavy (non-hydrogen) atoms. The van der Waals surface area contributed by atoms with Crippen LogP contribution in [0.4, 0.5) is 4.79 Å². The number of amides is 5. The van der Waals surface area contributed by atoms with Crippen LogP contribution in [0.3, 0.4) is 0 Å². The normalized spacial score (nSPS) is 20.9. The van der Waals surface area contributed by atoms with Gasteiger partial charge in [-0.1, -0.05) is 6.07 Å². The molecule has 292 valence electrons. The summed E-state index contributed by atoms with van der Waals surface area (Å²) in [5.41, 5.74) is 1.24. The van der Waals surface area contributed by atoms with Gasteiger partial charge < -0.3 is 44.7 Å². The summed E-state index contributed by atoms with van der Waals surface area (Å²) in [5.74, 6) is -1.82. The van der Waals surface area contributed by atoms with Gasteiger partial charge in [-0.3, -0.25) is 24.0 Å². The van der Waals surface area contributed by atoms with Crippen LogP contribution in [0.25, 0.3) is 10.9 Å². The van der Waals surface area contributed by atoms with Crippen molar-refractivity contribution >= 4 is 46.6 Å². The lowest BCUT2D eigenvalue weighted by Crippen LogP contribution is -2.55. The Morgan fingerprint density at radius 3 is 2.44 bits per heavy atom. The number of aryl methyl sites for hydroxylation is 1. The number of carbonyl (C=O) groups excluding carboxylic acids is 5. The van der Waals surface area contributed by atoms with Crippen molar-refractivity contribution in [2.75, 3.05) is 59.2 Å². The summed E-state index contributed by atoms with van der Waals surface area (Å²) in [6.07, 6.45) is 4.77. The number of nitrogens with one attached hydrogen (secondary N) is 2. The Balaban J connectivity index is 1.15. The molecular weight excluding hydrogens is 700 g/mol. The maximum atomic E-state index is 13.9. The smallest absolute Gasteiger partial charge is 0.407 e. The third kappa shape index (κ3) is 9.75. The van der Waals surface area contributed by atoms with Gasteiger partial charge in [-0.25, -0.2) is 9.78 Å². The molecule has 4 fully saturated rings. The van der Waals surface area contributed by atoms with E-state index in [1.807, 2.05) is 13.0 Å². The van der Waals surface area contributed by atoms with Crippen molar-refractivity contribution in [3.63, 3.8) is 0 Å². The van der Waals surface area contributed by atoms with E-state index in [1.165, 1.54) is 15.9 Å². The summed E-state index contributed by atoms with van der Waals surface area (Å²) in [4.78, 5) is 87.1. The highest BCUT2D eigenvalue weighted by Crippen LogP contribution is 2.28. The van der Waals surface area contributed by atoms with Crippen LogP contribution in [0.1, 0.15) is 73.8 Å². The molecule has 0 radical (unpaired) electrons. The number of fused-ring (bicyclic) bond motifs is 1. The van der Waals surface area contributed by atoms with Crippen LogP contribution in [-0.4, -0.2) is 138 Å². The van der Waals surface area contributed by atoms with E-state index in [9.17, 15) is 33.9 Å². The van der Waals surface area contributed by atoms with Crippen molar-refractivity contribution in [1.29, 1.82) is 0 Å². The topological polar surface area (TPSA) is 197 Å². The molecule has 2 aromatic rings. The zero-order valence-corrected chi connectivity index (χ0v) is 30.8. The minimum Gasteiger partial charge on any atom is -0.483 e. The van der Waals surface area contributed by atoms with Gasteiger partial charge in [0.25, 0.3) is 11.8 Å². The number of esters is 1. The number of pyridine rings is 1. The SMILES string of the molecule is Cc1ccc2c(OCC(=O)N3CCC[C@H]3C(=O)NC3CCC3)cc(C(=O)N[C@@H](CCC(=O)OCC3CCCOC3)C(=O)N3CCN(C(=O)O)CC3)nc2c1. The minimum absolute atomic E-state index is 0.0560. The third-order valence-electron chi connectivity index (χ3n) is 10.7. The lowest BCUT2D eigenvalue weighted by molar-refractivity contribution is -0.147. The maximum Gasteiger partial charge on any atom is 0.407 e. The second kappa shape index (κ2) is 17.9. The number of likely N-dealkylation sites (tertiary alicyclic amines) is 1. The Morgan fingerprint density at radius 2 is 1.74 bits per heavy atom. The molecule has 3 atom stereocenters. The average Bonchev–Trinajstić information content (AvgIpc) is 3.66. The van der Waals surface area contributed by atoms with E-state index >= 15 is 0 Å². The molecule has 3 N–H and O–H groups in total. The number of benzene rings is 1. The highest BCUT2D eigenvalue weighted by Gasteiger charge is 2.36. The molecule has 1 saturated carbocycles. The van der Waals surface area contributed by atoms with Gasteiger partial charge in [0, 0.05) is 69.2 Å². The van der Waals surface area contributed by atoms with E-state index in [0.717, 1.165) is 37.7 Å². The van der Waals surface area contributed by atoms with E-state index < -0.39 is 36.0 Å². The van der Waals surface area contributed by atoms with Crippen LogP contribution in [0.15, 0.2) is 24.3 Å². The molecule has 16 heteroatoms. The van der Waals surface area contributed by atoms with Gasteiger partial charge >= 0.3 is 12.1 Å². The van der Waals surface area contributed by atoms with Gasteiger partial charge in [0.15, 0.2) is 6.61 Å². The fraction of sp³-hybridized carbons (Fsp3) is 0.605. The molecule has 1 aromatic heterocycles. The first-order valence-electron chi connectivity index (χ1n) is 19.0. The number of hydrogen-bond donors (Lipinski definition) is 3. The maximum absolute atomic E-state index is 13.9. The highest BCUT2D eigenvalue weighted by atomic mass is 16.5. The van der Waals surface area contributed by atoms with Crippen LogP contribution < -0.4 is 15.4 Å². The Morgan fingerprint density at radius 1 is 0.963 bits per heavy atom. The van der Waals surface area contributed by atoms with Gasteiger partial charge in [-0.2, -0.15) is 0 Å². The van der Waals surface area contributed by atoms with Crippen molar-refractivity contribution in [1.82, 2.24) is 30.3 Å². The van der Waals surface area contributed by atoms with Crippen LogP contribution >= 0.6 is 0 Å². The zero-order valence-electron chi connectivity index (χ0n) is 30.8. The first-order chi connectivity index (χ1) is 26.0. The number of nitrogens with zero attached hydrogens (tertiary/aromatic N) is 4. The predicted molar refractivity (Wildman–Crippen MR) is 194 cm³/mol. The molecule has 0 spiro atoms. The van der Waals surface area contributed by atoms with Crippen LogP contribution in [0.5, 0.6) is 5.75 Å². The fourth-order valence-corrected chi connectivity index (χ4v) is 7.26. The number of carboxylic acid groups (broad SMARTS) is 1. The minimum atomic E-state index is -1.14. The van der Waals surface area contributed by atoms with Gasteiger partial charge in [0.2, 0.25) is 11.8 Å². The number of carbonyl (C=O) groups is 6. The van der Waals surface area contributed by atoms with Gasteiger partial charge in [0.05, 0.1) is 18.7 Å². The van der Waals surface area contributed by atoms with Crippen molar-refractivity contribution in [3.8, 4) is 5.75 Å². The van der Waals surface area contributed by atoms with E-state index in [2.05, 4.69) is 15.6 Å². The molecule has 4 aliphatic rings. The molecule has 3 saturated heterocycles. The number of ether oxygens (including phenoxy) is 3. The first-order valence-corrected chi connectivity index (χ1v) is 19.0. The summed E-state index contributed by atoms with van der Waals surface area (Å²) >= 11 is 0. The van der Waals surface area contributed by atoms with E-state index in [-0.39, 0.29) is 87.5 Å².